The van der Waals surface area contributed by atoms with E-state index in [4.69, 9.17) is 4.74 Å². The maximum Gasteiger partial charge on any atom is 0.343 e. The number of rotatable bonds is 3. The van der Waals surface area contributed by atoms with E-state index >= 15 is 0 Å². The molecule has 5 nitrogen and oxygen atoms in total. The summed E-state index contributed by atoms with van der Waals surface area (Å²) in [6.45, 7) is 0. The highest BCUT2D eigenvalue weighted by atomic mass is 16.5. The van der Waals surface area contributed by atoms with E-state index in [-0.39, 0.29) is 35.5 Å². The largest absolute Gasteiger partial charge is 0.423 e. The normalized spacial score (nSPS) is 33.4. The quantitative estimate of drug-likeness (QED) is 0.351. The van der Waals surface area contributed by atoms with Crippen molar-refractivity contribution < 1.29 is 19.1 Å². The minimum Gasteiger partial charge on any atom is -0.423 e. The number of allylic oxidation sites excluding steroid dienone is 2. The van der Waals surface area contributed by atoms with E-state index in [1.165, 1.54) is 4.90 Å². The Morgan fingerprint density at radius 2 is 1.52 bits per heavy atom. The molecule has 2 aromatic carbocycles. The van der Waals surface area contributed by atoms with Gasteiger partial charge in [0.15, 0.2) is 0 Å². The molecule has 3 fully saturated rings. The average molecular weight is 385 g/mol. The van der Waals surface area contributed by atoms with Crippen molar-refractivity contribution in [2.75, 3.05) is 4.90 Å². The predicted octanol–water partition coefficient (Wildman–Crippen LogP) is 3.46. The van der Waals surface area contributed by atoms with Crippen molar-refractivity contribution in [3.8, 4) is 5.75 Å². The molecule has 2 aromatic rings. The summed E-state index contributed by atoms with van der Waals surface area (Å²) in [5, 5.41) is 0. The van der Waals surface area contributed by atoms with Crippen molar-refractivity contribution in [1.29, 1.82) is 0 Å². The zero-order chi connectivity index (χ0) is 19.7. The van der Waals surface area contributed by atoms with Gasteiger partial charge in [0, 0.05) is 6.07 Å². The van der Waals surface area contributed by atoms with Crippen LogP contribution in [0.25, 0.3) is 0 Å². The summed E-state index contributed by atoms with van der Waals surface area (Å²) in [6.07, 6.45) is 5.46. The van der Waals surface area contributed by atoms with Crippen molar-refractivity contribution >= 4 is 23.5 Å². The number of hydrogen-bond donors (Lipinski definition) is 0. The van der Waals surface area contributed by atoms with Crippen LogP contribution in [-0.4, -0.2) is 17.8 Å². The molecule has 2 saturated carbocycles. The number of carbonyl (C=O) groups excluding carboxylic acids is 3. The zero-order valence-electron chi connectivity index (χ0n) is 15.6. The second-order valence-electron chi connectivity index (χ2n) is 8.42. The summed E-state index contributed by atoms with van der Waals surface area (Å²) >= 11 is 0. The van der Waals surface area contributed by atoms with Crippen molar-refractivity contribution in [3.63, 3.8) is 0 Å². The van der Waals surface area contributed by atoms with E-state index in [9.17, 15) is 14.4 Å². The number of esters is 1. The Hall–Kier alpha value is -3.21. The topological polar surface area (TPSA) is 63.7 Å². The third-order valence-corrected chi connectivity index (χ3v) is 6.96. The first kappa shape index (κ1) is 16.7. The highest BCUT2D eigenvalue weighted by Crippen LogP contribution is 2.65. The van der Waals surface area contributed by atoms with Crippen LogP contribution in [0.4, 0.5) is 5.69 Å². The molecule has 2 bridgehead atoms. The summed E-state index contributed by atoms with van der Waals surface area (Å²) in [5.74, 6) is 0.655. The van der Waals surface area contributed by atoms with E-state index < -0.39 is 5.97 Å². The van der Waals surface area contributed by atoms with Gasteiger partial charge in [0.1, 0.15) is 5.75 Å². The second-order valence-corrected chi connectivity index (χ2v) is 8.42. The fourth-order valence-corrected chi connectivity index (χ4v) is 5.64. The predicted molar refractivity (Wildman–Crippen MR) is 105 cm³/mol. The Labute approximate surface area is 168 Å². The summed E-state index contributed by atoms with van der Waals surface area (Å²) in [6, 6.07) is 15.4. The molecule has 144 valence electrons. The molecule has 1 heterocycles. The molecule has 29 heavy (non-hydrogen) atoms. The van der Waals surface area contributed by atoms with E-state index in [0.717, 1.165) is 6.42 Å². The van der Waals surface area contributed by atoms with Gasteiger partial charge in [0.05, 0.1) is 23.1 Å². The average Bonchev–Trinajstić information content (AvgIpc) is 3.52. The maximum absolute atomic E-state index is 13.2. The molecular formula is C24H19NO4. The third kappa shape index (κ3) is 2.36. The lowest BCUT2D eigenvalue weighted by Crippen LogP contribution is -2.40. The van der Waals surface area contributed by atoms with Crippen LogP contribution in [-0.2, 0) is 9.59 Å². The van der Waals surface area contributed by atoms with E-state index in [0.29, 0.717) is 28.8 Å². The number of benzene rings is 2. The number of nitrogens with zero attached hydrogens (tertiary/aromatic N) is 1. The summed E-state index contributed by atoms with van der Waals surface area (Å²) in [4.78, 5) is 40.1. The van der Waals surface area contributed by atoms with Crippen LogP contribution in [0, 0.1) is 35.5 Å². The second kappa shape index (κ2) is 5.89. The van der Waals surface area contributed by atoms with Crippen LogP contribution >= 0.6 is 0 Å². The molecule has 5 aliphatic rings. The smallest absolute Gasteiger partial charge is 0.343 e. The van der Waals surface area contributed by atoms with E-state index in [2.05, 4.69) is 12.2 Å². The minimum absolute atomic E-state index is 0.115. The minimum atomic E-state index is -0.474. The molecular weight excluding hydrogens is 366 g/mol. The Morgan fingerprint density at radius 3 is 2.17 bits per heavy atom. The number of ether oxygens (including phenoxy) is 1. The van der Waals surface area contributed by atoms with Gasteiger partial charge in [-0.15, -0.1) is 0 Å². The SMILES string of the molecule is O=C(Oc1cccc(N2C(=O)[C@@H]3[C@H]4C=C[C@H]([C@H]5C[C@H]45)[C@@H]3C2=O)c1)c1ccccc1. The Balaban J connectivity index is 1.29. The molecule has 7 rings (SSSR count). The van der Waals surface area contributed by atoms with E-state index in [1.807, 2.05) is 6.07 Å². The van der Waals surface area contributed by atoms with Crippen molar-refractivity contribution in [2.24, 2.45) is 35.5 Å². The van der Waals surface area contributed by atoms with E-state index in [1.54, 1.807) is 48.5 Å². The van der Waals surface area contributed by atoms with Crippen molar-refractivity contribution in [2.45, 2.75) is 6.42 Å². The van der Waals surface area contributed by atoms with Crippen LogP contribution < -0.4 is 9.64 Å². The monoisotopic (exact) mass is 385 g/mol. The number of imide groups is 1. The lowest BCUT2D eigenvalue weighted by atomic mass is 9.63. The van der Waals surface area contributed by atoms with Gasteiger partial charge >= 0.3 is 5.97 Å². The standard InChI is InChI=1S/C24H19NO4/c26-22-20-16-9-10-17(19-12-18(16)19)21(20)23(27)25(22)14-7-4-8-15(11-14)29-24(28)13-5-2-1-3-6-13/h1-11,16-21H,12H2/t16-,17+,18-,19-,20+,21-/m1/s1. The molecule has 0 radical (unpaired) electrons. The molecule has 0 aromatic heterocycles. The Kier molecular flexibility index (Phi) is 3.40. The molecule has 0 N–H and O–H groups in total. The molecule has 0 spiro atoms. The summed E-state index contributed by atoms with van der Waals surface area (Å²) in [7, 11) is 0. The molecule has 4 aliphatic carbocycles. The zero-order valence-corrected chi connectivity index (χ0v) is 15.6. The number of anilines is 1. The first-order valence-electron chi connectivity index (χ1n) is 10.1. The number of hydrogen-bond acceptors (Lipinski definition) is 4. The lowest BCUT2D eigenvalue weighted by Gasteiger charge is -2.37. The van der Waals surface area contributed by atoms with Gasteiger partial charge in [-0.2, -0.15) is 0 Å². The molecule has 0 unspecified atom stereocenters. The van der Waals surface area contributed by atoms with Gasteiger partial charge in [-0.1, -0.05) is 36.4 Å². The number of carbonyl (C=O) groups is 3. The van der Waals surface area contributed by atoms with Crippen LogP contribution in [0.3, 0.4) is 0 Å². The first-order chi connectivity index (χ1) is 14.1. The summed E-state index contributed by atoms with van der Waals surface area (Å²) < 4.78 is 5.47. The fourth-order valence-electron chi connectivity index (χ4n) is 5.64. The fraction of sp³-hybridized carbons (Fsp3) is 0.292. The van der Waals surface area contributed by atoms with Gasteiger partial charge in [0.25, 0.3) is 0 Å². The highest BCUT2D eigenvalue weighted by molar-refractivity contribution is 6.22. The molecule has 5 heteroatoms. The van der Waals surface area contributed by atoms with Gasteiger partial charge < -0.3 is 4.74 Å². The highest BCUT2D eigenvalue weighted by Gasteiger charge is 2.67. The Morgan fingerprint density at radius 1 is 0.862 bits per heavy atom. The Bertz CT molecular complexity index is 1040. The van der Waals surface area contributed by atoms with Crippen LogP contribution in [0.2, 0.25) is 0 Å². The third-order valence-electron chi connectivity index (χ3n) is 6.96. The van der Waals surface area contributed by atoms with Crippen molar-refractivity contribution in [1.82, 2.24) is 0 Å². The van der Waals surface area contributed by atoms with Crippen LogP contribution in [0.15, 0.2) is 66.7 Å². The molecule has 2 amide bonds. The maximum atomic E-state index is 13.2. The molecule has 6 atom stereocenters. The molecule has 1 saturated heterocycles. The van der Waals surface area contributed by atoms with Crippen molar-refractivity contribution in [3.05, 3.63) is 72.3 Å². The van der Waals surface area contributed by atoms with Crippen LogP contribution in [0.5, 0.6) is 5.75 Å². The lowest BCUT2D eigenvalue weighted by molar-refractivity contribution is -0.124. The summed E-state index contributed by atoms with van der Waals surface area (Å²) in [5.41, 5.74) is 0.917. The van der Waals surface area contributed by atoms with Gasteiger partial charge in [-0.25, -0.2) is 9.69 Å². The van der Waals surface area contributed by atoms with Gasteiger partial charge in [-0.05, 0) is 54.4 Å². The first-order valence-corrected chi connectivity index (χ1v) is 10.1. The van der Waals surface area contributed by atoms with Gasteiger partial charge in [-0.3, -0.25) is 9.59 Å². The number of amides is 2. The molecule has 1 aliphatic heterocycles. The van der Waals surface area contributed by atoms with Crippen LogP contribution in [0.1, 0.15) is 16.8 Å². The van der Waals surface area contributed by atoms with Gasteiger partial charge in [0.2, 0.25) is 11.8 Å².